The van der Waals surface area contributed by atoms with Gasteiger partial charge in [-0.15, -0.1) is 11.3 Å². The maximum absolute atomic E-state index is 6.01. The fraction of sp³-hybridized carbons (Fsp3) is 0.692. The van der Waals surface area contributed by atoms with Crippen LogP contribution in [-0.4, -0.2) is 0 Å². The Kier molecular flexibility index (Phi) is 4.47. The molecule has 1 saturated carbocycles. The first-order chi connectivity index (χ1) is 8.10. The largest absolute Gasteiger partial charge is 0.271 e. The molecule has 2 rings (SSSR count). The lowest BCUT2D eigenvalue weighted by Crippen LogP contribution is -2.36. The molecule has 17 heavy (non-hydrogen) atoms. The molecule has 4 heteroatoms. The first-order valence-corrected chi connectivity index (χ1v) is 7.51. The minimum absolute atomic E-state index is 0.262. The van der Waals surface area contributed by atoms with E-state index < -0.39 is 0 Å². The molecule has 1 heterocycles. The second-order valence-electron chi connectivity index (χ2n) is 5.46. The topological polar surface area (TPSA) is 38.0 Å². The molecule has 0 aromatic carbocycles. The Morgan fingerprint density at radius 2 is 1.94 bits per heavy atom. The smallest absolute Gasteiger partial charge is 0.0931 e. The number of thiophene rings is 1. The Labute approximate surface area is 113 Å². The first kappa shape index (κ1) is 13.3. The Morgan fingerprint density at radius 1 is 1.29 bits per heavy atom. The van der Waals surface area contributed by atoms with E-state index in [0.717, 1.165) is 16.2 Å². The fourth-order valence-electron chi connectivity index (χ4n) is 3.23. The zero-order valence-corrected chi connectivity index (χ0v) is 12.0. The van der Waals surface area contributed by atoms with Crippen LogP contribution in [0, 0.1) is 17.8 Å². The van der Waals surface area contributed by atoms with Gasteiger partial charge in [0.15, 0.2) is 0 Å². The van der Waals surface area contributed by atoms with Crippen LogP contribution in [-0.2, 0) is 0 Å². The molecule has 96 valence electrons. The number of halogens is 1. The molecule has 0 bridgehead atoms. The number of hydrogen-bond acceptors (Lipinski definition) is 3. The third-order valence-electron chi connectivity index (χ3n) is 3.77. The summed E-state index contributed by atoms with van der Waals surface area (Å²) in [6.45, 7) is 4.69. The number of nitrogens with one attached hydrogen (secondary N) is 1. The summed E-state index contributed by atoms with van der Waals surface area (Å²) in [4.78, 5) is 1.27. The summed E-state index contributed by atoms with van der Waals surface area (Å²) in [6, 6.07) is 4.32. The van der Waals surface area contributed by atoms with Gasteiger partial charge in [0.1, 0.15) is 0 Å². The third kappa shape index (κ3) is 3.22. The lowest BCUT2D eigenvalue weighted by molar-refractivity contribution is 0.178. The summed E-state index contributed by atoms with van der Waals surface area (Å²) in [5.74, 6) is 7.98. The molecule has 1 aliphatic rings. The van der Waals surface area contributed by atoms with Crippen molar-refractivity contribution < 1.29 is 0 Å². The van der Waals surface area contributed by atoms with Crippen LogP contribution in [0.2, 0.25) is 4.34 Å². The average Bonchev–Trinajstić information content (AvgIpc) is 2.64. The van der Waals surface area contributed by atoms with Crippen LogP contribution in [0.25, 0.3) is 0 Å². The number of rotatable bonds is 3. The quantitative estimate of drug-likeness (QED) is 0.645. The van der Waals surface area contributed by atoms with E-state index in [1.54, 1.807) is 11.3 Å². The Morgan fingerprint density at radius 3 is 2.41 bits per heavy atom. The third-order valence-corrected chi connectivity index (χ3v) is 5.08. The summed E-state index contributed by atoms with van der Waals surface area (Å²) >= 11 is 7.65. The van der Waals surface area contributed by atoms with Crippen molar-refractivity contribution >= 4 is 22.9 Å². The molecular formula is C13H21ClN2S. The van der Waals surface area contributed by atoms with Gasteiger partial charge in [-0.25, -0.2) is 0 Å². The monoisotopic (exact) mass is 272 g/mol. The van der Waals surface area contributed by atoms with Crippen LogP contribution in [0.1, 0.15) is 44.0 Å². The minimum atomic E-state index is 0.262. The summed E-state index contributed by atoms with van der Waals surface area (Å²) in [5, 5.41) is 0. The molecule has 0 radical (unpaired) electrons. The van der Waals surface area contributed by atoms with Gasteiger partial charge in [0.25, 0.3) is 0 Å². The average molecular weight is 273 g/mol. The molecule has 1 aromatic rings. The summed E-state index contributed by atoms with van der Waals surface area (Å²) in [6.07, 6.45) is 3.86. The number of nitrogens with two attached hydrogens (primary N) is 1. The highest BCUT2D eigenvalue weighted by Crippen LogP contribution is 2.41. The van der Waals surface area contributed by atoms with Crippen LogP contribution in [0.3, 0.4) is 0 Å². The lowest BCUT2D eigenvalue weighted by atomic mass is 9.73. The van der Waals surface area contributed by atoms with Gasteiger partial charge in [-0.2, -0.15) is 0 Å². The fourth-order valence-corrected chi connectivity index (χ4v) is 4.44. The first-order valence-electron chi connectivity index (χ1n) is 6.31. The van der Waals surface area contributed by atoms with E-state index in [4.69, 9.17) is 17.4 Å². The molecule has 0 amide bonds. The predicted molar refractivity (Wildman–Crippen MR) is 75.1 cm³/mol. The van der Waals surface area contributed by atoms with Crippen molar-refractivity contribution in [2.24, 2.45) is 23.6 Å². The second-order valence-corrected chi connectivity index (χ2v) is 7.21. The predicted octanol–water partition coefficient (Wildman–Crippen LogP) is 3.98. The SMILES string of the molecule is CC1CC(C)CC(C(NN)c2ccc(Cl)s2)C1. The maximum atomic E-state index is 6.01. The van der Waals surface area contributed by atoms with Gasteiger partial charge < -0.3 is 0 Å². The lowest BCUT2D eigenvalue weighted by Gasteiger charge is -2.35. The summed E-state index contributed by atoms with van der Waals surface area (Å²) in [7, 11) is 0. The van der Waals surface area contributed by atoms with Crippen molar-refractivity contribution in [2.45, 2.75) is 39.2 Å². The summed E-state index contributed by atoms with van der Waals surface area (Å²) < 4.78 is 0.845. The molecule has 0 aliphatic heterocycles. The molecule has 3 N–H and O–H groups in total. The van der Waals surface area contributed by atoms with Gasteiger partial charge in [-0.05, 0) is 49.1 Å². The second kappa shape index (κ2) is 5.70. The van der Waals surface area contributed by atoms with E-state index in [9.17, 15) is 0 Å². The normalized spacial score (nSPS) is 31.4. The van der Waals surface area contributed by atoms with Gasteiger partial charge in [-0.1, -0.05) is 25.4 Å². The molecular weight excluding hydrogens is 252 g/mol. The van der Waals surface area contributed by atoms with Crippen molar-refractivity contribution in [3.8, 4) is 0 Å². The van der Waals surface area contributed by atoms with E-state index in [1.165, 1.54) is 24.1 Å². The van der Waals surface area contributed by atoms with E-state index in [1.807, 2.05) is 6.07 Å². The van der Waals surface area contributed by atoms with E-state index in [0.29, 0.717) is 5.92 Å². The van der Waals surface area contributed by atoms with Crippen molar-refractivity contribution in [3.05, 3.63) is 21.3 Å². The van der Waals surface area contributed by atoms with Gasteiger partial charge in [0.2, 0.25) is 0 Å². The molecule has 0 saturated heterocycles. The van der Waals surface area contributed by atoms with Crippen LogP contribution in [0.5, 0.6) is 0 Å². The van der Waals surface area contributed by atoms with Gasteiger partial charge >= 0.3 is 0 Å². The zero-order valence-electron chi connectivity index (χ0n) is 10.4. The van der Waals surface area contributed by atoms with Crippen LogP contribution in [0.15, 0.2) is 12.1 Å². The van der Waals surface area contributed by atoms with Gasteiger partial charge in [0.05, 0.1) is 10.4 Å². The Bertz CT molecular complexity index is 356. The molecule has 3 unspecified atom stereocenters. The molecule has 1 aromatic heterocycles. The zero-order chi connectivity index (χ0) is 12.4. The number of hydrogen-bond donors (Lipinski definition) is 2. The van der Waals surface area contributed by atoms with Crippen molar-refractivity contribution in [1.29, 1.82) is 0 Å². The van der Waals surface area contributed by atoms with Crippen LogP contribution in [0.4, 0.5) is 0 Å². The van der Waals surface area contributed by atoms with Crippen LogP contribution < -0.4 is 11.3 Å². The van der Waals surface area contributed by atoms with Crippen molar-refractivity contribution in [3.63, 3.8) is 0 Å². The molecule has 3 atom stereocenters. The molecule has 0 spiro atoms. The van der Waals surface area contributed by atoms with E-state index >= 15 is 0 Å². The van der Waals surface area contributed by atoms with Crippen molar-refractivity contribution in [1.82, 2.24) is 5.43 Å². The maximum Gasteiger partial charge on any atom is 0.0931 e. The Hall–Kier alpha value is -0.0900. The molecule has 2 nitrogen and oxygen atoms in total. The standard InChI is InChI=1S/C13H21ClN2S/c1-8-5-9(2)7-10(6-8)13(16-15)11-3-4-12(14)17-11/h3-4,8-10,13,16H,5-7,15H2,1-2H3. The minimum Gasteiger partial charge on any atom is -0.271 e. The molecule has 1 fully saturated rings. The number of hydrazine groups is 1. The molecule has 1 aliphatic carbocycles. The highest BCUT2D eigenvalue weighted by molar-refractivity contribution is 7.16. The highest BCUT2D eigenvalue weighted by atomic mass is 35.5. The van der Waals surface area contributed by atoms with Gasteiger partial charge in [0, 0.05) is 4.88 Å². The van der Waals surface area contributed by atoms with Crippen LogP contribution >= 0.6 is 22.9 Å². The van der Waals surface area contributed by atoms with Crippen molar-refractivity contribution in [2.75, 3.05) is 0 Å². The Balaban J connectivity index is 2.12. The van der Waals surface area contributed by atoms with Gasteiger partial charge in [-0.3, -0.25) is 11.3 Å². The van der Waals surface area contributed by atoms with E-state index in [-0.39, 0.29) is 6.04 Å². The van der Waals surface area contributed by atoms with E-state index in [2.05, 4.69) is 25.3 Å². The summed E-state index contributed by atoms with van der Waals surface area (Å²) in [5.41, 5.74) is 2.99. The highest BCUT2D eigenvalue weighted by Gasteiger charge is 2.31.